The summed E-state index contributed by atoms with van der Waals surface area (Å²) < 4.78 is 10.4. The number of ether oxygens (including phenoxy) is 2. The summed E-state index contributed by atoms with van der Waals surface area (Å²) in [6.45, 7) is 1.89. The van der Waals surface area contributed by atoms with E-state index in [1.807, 2.05) is 24.3 Å². The molecule has 6 nitrogen and oxygen atoms in total. The van der Waals surface area contributed by atoms with Crippen molar-refractivity contribution in [2.75, 3.05) is 32.6 Å². The highest BCUT2D eigenvalue weighted by Gasteiger charge is 2.15. The molecule has 0 aliphatic carbocycles. The van der Waals surface area contributed by atoms with E-state index in [1.165, 1.54) is 11.8 Å². The summed E-state index contributed by atoms with van der Waals surface area (Å²) in [4.78, 5) is 25.7. The predicted octanol–water partition coefficient (Wildman–Crippen LogP) is 2.73. The van der Waals surface area contributed by atoms with Gasteiger partial charge in [0.1, 0.15) is 11.5 Å². The summed E-state index contributed by atoms with van der Waals surface area (Å²) >= 11 is 0. The second-order valence-corrected chi connectivity index (χ2v) is 5.78. The number of anilines is 1. The fourth-order valence-electron chi connectivity index (χ4n) is 2.56. The molecule has 26 heavy (non-hydrogen) atoms. The van der Waals surface area contributed by atoms with Crippen molar-refractivity contribution < 1.29 is 19.1 Å². The highest BCUT2D eigenvalue weighted by molar-refractivity contribution is 5.94. The SMILES string of the molecule is COc1ccc(NC(=O)CN(CCc2ccccc2OC)C(C)=O)cc1. The Bertz CT molecular complexity index is 744. The van der Waals surface area contributed by atoms with Gasteiger partial charge in [0.05, 0.1) is 20.8 Å². The van der Waals surface area contributed by atoms with Crippen LogP contribution in [0.25, 0.3) is 0 Å². The van der Waals surface area contributed by atoms with Crippen LogP contribution in [0.5, 0.6) is 11.5 Å². The molecule has 2 aromatic rings. The van der Waals surface area contributed by atoms with E-state index < -0.39 is 0 Å². The average molecular weight is 356 g/mol. The maximum absolute atomic E-state index is 12.3. The number of hydrogen-bond donors (Lipinski definition) is 1. The molecule has 0 spiro atoms. The molecule has 0 unspecified atom stereocenters. The second kappa shape index (κ2) is 9.46. The molecule has 0 aliphatic rings. The van der Waals surface area contributed by atoms with Gasteiger partial charge in [-0.05, 0) is 42.3 Å². The molecular weight excluding hydrogens is 332 g/mol. The van der Waals surface area contributed by atoms with Crippen molar-refractivity contribution in [1.29, 1.82) is 0 Å². The lowest BCUT2D eigenvalue weighted by molar-refractivity contribution is -0.132. The van der Waals surface area contributed by atoms with Crippen LogP contribution in [0, 0.1) is 0 Å². The van der Waals surface area contributed by atoms with E-state index in [1.54, 1.807) is 38.5 Å². The second-order valence-electron chi connectivity index (χ2n) is 5.78. The summed E-state index contributed by atoms with van der Waals surface area (Å²) in [5.41, 5.74) is 1.65. The van der Waals surface area contributed by atoms with Crippen LogP contribution in [0.3, 0.4) is 0 Å². The zero-order chi connectivity index (χ0) is 18.9. The fraction of sp³-hybridized carbons (Fsp3) is 0.300. The van der Waals surface area contributed by atoms with Gasteiger partial charge in [0.25, 0.3) is 0 Å². The van der Waals surface area contributed by atoms with Gasteiger partial charge in [-0.15, -0.1) is 0 Å². The first-order valence-corrected chi connectivity index (χ1v) is 8.34. The number of nitrogens with one attached hydrogen (secondary N) is 1. The summed E-state index contributed by atoms with van der Waals surface area (Å²) in [5, 5.41) is 2.79. The number of methoxy groups -OCH3 is 2. The van der Waals surface area contributed by atoms with E-state index in [2.05, 4.69) is 5.32 Å². The van der Waals surface area contributed by atoms with Gasteiger partial charge in [0.15, 0.2) is 0 Å². The largest absolute Gasteiger partial charge is 0.497 e. The van der Waals surface area contributed by atoms with Crippen molar-refractivity contribution in [3.63, 3.8) is 0 Å². The van der Waals surface area contributed by atoms with E-state index in [4.69, 9.17) is 9.47 Å². The minimum atomic E-state index is -0.245. The molecule has 0 saturated carbocycles. The van der Waals surface area contributed by atoms with Crippen molar-refractivity contribution in [3.05, 3.63) is 54.1 Å². The Kier molecular flexibility index (Phi) is 7.02. The molecule has 138 valence electrons. The molecule has 0 saturated heterocycles. The molecule has 0 heterocycles. The smallest absolute Gasteiger partial charge is 0.243 e. The van der Waals surface area contributed by atoms with Gasteiger partial charge >= 0.3 is 0 Å². The van der Waals surface area contributed by atoms with Crippen LogP contribution in [-0.4, -0.2) is 44.0 Å². The van der Waals surface area contributed by atoms with Crippen molar-refractivity contribution in [2.24, 2.45) is 0 Å². The number of carbonyl (C=O) groups is 2. The van der Waals surface area contributed by atoms with E-state index in [0.717, 1.165) is 11.3 Å². The Hall–Kier alpha value is -3.02. The Morgan fingerprint density at radius 3 is 2.31 bits per heavy atom. The van der Waals surface area contributed by atoms with Crippen LogP contribution in [0.1, 0.15) is 12.5 Å². The van der Waals surface area contributed by atoms with Gasteiger partial charge in [0.2, 0.25) is 11.8 Å². The van der Waals surface area contributed by atoms with Gasteiger partial charge < -0.3 is 19.7 Å². The quantitative estimate of drug-likeness (QED) is 0.790. The molecule has 0 aromatic heterocycles. The summed E-state index contributed by atoms with van der Waals surface area (Å²) in [7, 11) is 3.20. The van der Waals surface area contributed by atoms with Gasteiger partial charge in [-0.1, -0.05) is 18.2 Å². The maximum atomic E-state index is 12.3. The zero-order valence-electron chi connectivity index (χ0n) is 15.3. The molecule has 2 amide bonds. The third kappa shape index (κ3) is 5.51. The Morgan fingerprint density at radius 1 is 1.00 bits per heavy atom. The summed E-state index contributed by atoms with van der Waals surface area (Å²) in [6.07, 6.45) is 0.611. The number of benzene rings is 2. The first-order chi connectivity index (χ1) is 12.5. The molecule has 0 bridgehead atoms. The predicted molar refractivity (Wildman–Crippen MR) is 101 cm³/mol. The topological polar surface area (TPSA) is 67.9 Å². The van der Waals surface area contributed by atoms with E-state index in [9.17, 15) is 9.59 Å². The molecule has 0 fully saturated rings. The molecule has 0 atom stereocenters. The van der Waals surface area contributed by atoms with Crippen molar-refractivity contribution in [2.45, 2.75) is 13.3 Å². The van der Waals surface area contributed by atoms with Crippen LogP contribution in [-0.2, 0) is 16.0 Å². The van der Waals surface area contributed by atoms with Crippen LogP contribution < -0.4 is 14.8 Å². The normalized spacial score (nSPS) is 10.1. The lowest BCUT2D eigenvalue weighted by Crippen LogP contribution is -2.38. The minimum absolute atomic E-state index is 0.00346. The number of amides is 2. The van der Waals surface area contributed by atoms with Crippen LogP contribution in [0.15, 0.2) is 48.5 Å². The van der Waals surface area contributed by atoms with Gasteiger partial charge in [-0.3, -0.25) is 9.59 Å². The minimum Gasteiger partial charge on any atom is -0.497 e. The Morgan fingerprint density at radius 2 is 1.69 bits per heavy atom. The van der Waals surface area contributed by atoms with E-state index in [-0.39, 0.29) is 18.4 Å². The highest BCUT2D eigenvalue weighted by Crippen LogP contribution is 2.18. The molecule has 0 radical (unpaired) electrons. The lowest BCUT2D eigenvalue weighted by Gasteiger charge is -2.21. The number of nitrogens with zero attached hydrogens (tertiary/aromatic N) is 1. The number of rotatable bonds is 8. The number of carbonyl (C=O) groups excluding carboxylic acids is 2. The fourth-order valence-corrected chi connectivity index (χ4v) is 2.56. The molecule has 2 rings (SSSR count). The van der Waals surface area contributed by atoms with Gasteiger partial charge in [-0.25, -0.2) is 0 Å². The third-order valence-electron chi connectivity index (χ3n) is 4.00. The van der Waals surface area contributed by atoms with E-state index >= 15 is 0 Å². The highest BCUT2D eigenvalue weighted by atomic mass is 16.5. The third-order valence-corrected chi connectivity index (χ3v) is 4.00. The van der Waals surface area contributed by atoms with Crippen molar-refractivity contribution in [1.82, 2.24) is 4.90 Å². The van der Waals surface area contributed by atoms with Crippen molar-refractivity contribution in [3.8, 4) is 11.5 Å². The molecule has 6 heteroatoms. The summed E-state index contributed by atoms with van der Waals surface area (Å²) in [6, 6.07) is 14.7. The standard InChI is InChI=1S/C20H24N2O4/c1-15(23)22(13-12-16-6-4-5-7-19(16)26-3)14-20(24)21-17-8-10-18(25-2)11-9-17/h4-11H,12-14H2,1-3H3,(H,21,24). The van der Waals surface area contributed by atoms with Crippen molar-refractivity contribution >= 4 is 17.5 Å². The lowest BCUT2D eigenvalue weighted by atomic mass is 10.1. The molecular formula is C20H24N2O4. The molecule has 0 aliphatic heterocycles. The van der Waals surface area contributed by atoms with Crippen LogP contribution in [0.4, 0.5) is 5.69 Å². The maximum Gasteiger partial charge on any atom is 0.243 e. The molecule has 2 aromatic carbocycles. The molecule has 1 N–H and O–H groups in total. The first-order valence-electron chi connectivity index (χ1n) is 8.34. The van der Waals surface area contributed by atoms with Gasteiger partial charge in [0, 0.05) is 19.2 Å². The van der Waals surface area contributed by atoms with E-state index in [0.29, 0.717) is 24.4 Å². The first kappa shape index (κ1) is 19.3. The number of para-hydroxylation sites is 1. The Balaban J connectivity index is 1.94. The summed E-state index contributed by atoms with van der Waals surface area (Å²) in [5.74, 6) is 1.10. The monoisotopic (exact) mass is 356 g/mol. The average Bonchev–Trinajstić information content (AvgIpc) is 2.65. The zero-order valence-corrected chi connectivity index (χ0v) is 15.3. The number of hydrogen-bond acceptors (Lipinski definition) is 4. The van der Waals surface area contributed by atoms with Gasteiger partial charge in [-0.2, -0.15) is 0 Å². The van der Waals surface area contributed by atoms with Crippen LogP contribution in [0.2, 0.25) is 0 Å². The Labute approximate surface area is 153 Å². The van der Waals surface area contributed by atoms with Crippen LogP contribution >= 0.6 is 0 Å².